The van der Waals surface area contributed by atoms with Crippen molar-refractivity contribution < 1.29 is 4.74 Å². The van der Waals surface area contributed by atoms with Gasteiger partial charge in [0.25, 0.3) is 0 Å². The highest BCUT2D eigenvalue weighted by Crippen LogP contribution is 2.30. The van der Waals surface area contributed by atoms with Gasteiger partial charge in [-0.2, -0.15) is 4.98 Å². The molecule has 0 amide bonds. The lowest BCUT2D eigenvalue weighted by Gasteiger charge is -2.16. The van der Waals surface area contributed by atoms with Crippen LogP contribution in [-0.4, -0.2) is 39.1 Å². The molecular weight excluding hydrogens is 364 g/mol. The average Bonchev–Trinajstić information content (AvgIpc) is 3.23. The number of hydrogen-bond donors (Lipinski definition) is 2. The van der Waals surface area contributed by atoms with Crippen LogP contribution >= 0.6 is 11.6 Å². The Morgan fingerprint density at radius 3 is 2.70 bits per heavy atom. The van der Waals surface area contributed by atoms with Gasteiger partial charge in [-0.15, -0.1) is 0 Å². The molecule has 2 N–H and O–H groups in total. The maximum absolute atomic E-state index is 6.01. The summed E-state index contributed by atoms with van der Waals surface area (Å²) in [6.45, 7) is 1.85. The number of nitrogens with one attached hydrogen (secondary N) is 2. The molecule has 1 aliphatic heterocycles. The molecule has 1 atom stereocenters. The Labute approximate surface area is 162 Å². The van der Waals surface area contributed by atoms with Gasteiger partial charge in [-0.1, -0.05) is 11.6 Å². The first-order chi connectivity index (χ1) is 13.3. The molecule has 1 saturated heterocycles. The molecule has 0 saturated carbocycles. The standard InChI is InChI=1S/C19H19ClN6O/c20-14-3-5-16(6-4-14)27-19-17(24-10-15-2-1-7-23-15)11-25-18(26-19)13-8-21-12-22-9-13/h3-6,8-9,11-12,15,23-24H,1-2,7,10H2/t15-/m0/s1. The summed E-state index contributed by atoms with van der Waals surface area (Å²) in [5, 5.41) is 7.51. The molecule has 8 heteroatoms. The van der Waals surface area contributed by atoms with Crippen molar-refractivity contribution in [3.63, 3.8) is 0 Å². The summed E-state index contributed by atoms with van der Waals surface area (Å²) in [7, 11) is 0. The fourth-order valence-corrected chi connectivity index (χ4v) is 3.02. The lowest BCUT2D eigenvalue weighted by molar-refractivity contribution is 0.463. The van der Waals surface area contributed by atoms with Crippen LogP contribution in [0.2, 0.25) is 5.02 Å². The smallest absolute Gasteiger partial charge is 0.246 e. The highest BCUT2D eigenvalue weighted by Gasteiger charge is 2.16. The van der Waals surface area contributed by atoms with Crippen LogP contribution in [0.15, 0.2) is 49.2 Å². The molecule has 1 aliphatic rings. The molecular formula is C19H19ClN6O. The number of anilines is 1. The van der Waals surface area contributed by atoms with Gasteiger partial charge in [-0.25, -0.2) is 15.0 Å². The number of ether oxygens (including phenoxy) is 1. The van der Waals surface area contributed by atoms with E-state index in [0.29, 0.717) is 28.5 Å². The Morgan fingerprint density at radius 2 is 1.96 bits per heavy atom. The molecule has 2 aromatic heterocycles. The van der Waals surface area contributed by atoms with Gasteiger partial charge in [0.15, 0.2) is 5.82 Å². The predicted octanol–water partition coefficient (Wildman–Crippen LogP) is 3.54. The van der Waals surface area contributed by atoms with Crippen LogP contribution in [0.4, 0.5) is 5.69 Å². The van der Waals surface area contributed by atoms with Crippen LogP contribution < -0.4 is 15.4 Å². The van der Waals surface area contributed by atoms with E-state index in [1.165, 1.54) is 12.7 Å². The second-order valence-electron chi connectivity index (χ2n) is 6.27. The van der Waals surface area contributed by atoms with E-state index in [1.54, 1.807) is 42.9 Å². The number of nitrogens with zero attached hydrogens (tertiary/aromatic N) is 4. The number of hydrogen-bond acceptors (Lipinski definition) is 7. The van der Waals surface area contributed by atoms with E-state index in [1.807, 2.05) is 0 Å². The van der Waals surface area contributed by atoms with E-state index >= 15 is 0 Å². The first-order valence-electron chi connectivity index (χ1n) is 8.81. The summed E-state index contributed by atoms with van der Waals surface area (Å²) >= 11 is 5.96. The van der Waals surface area contributed by atoms with Gasteiger partial charge in [0.1, 0.15) is 17.8 Å². The average molecular weight is 383 g/mol. The second kappa shape index (κ2) is 8.28. The van der Waals surface area contributed by atoms with Gasteiger partial charge in [-0.05, 0) is 43.7 Å². The quantitative estimate of drug-likeness (QED) is 0.674. The zero-order valence-corrected chi connectivity index (χ0v) is 15.4. The van der Waals surface area contributed by atoms with E-state index in [9.17, 15) is 0 Å². The third-order valence-electron chi connectivity index (χ3n) is 4.30. The maximum Gasteiger partial charge on any atom is 0.246 e. The van der Waals surface area contributed by atoms with Crippen LogP contribution in [0.3, 0.4) is 0 Å². The van der Waals surface area contributed by atoms with Crippen molar-refractivity contribution in [2.75, 3.05) is 18.4 Å². The Bertz CT molecular complexity index is 884. The molecule has 7 nitrogen and oxygen atoms in total. The lowest BCUT2D eigenvalue weighted by atomic mass is 10.2. The van der Waals surface area contributed by atoms with E-state index in [4.69, 9.17) is 16.3 Å². The fraction of sp³-hybridized carbons (Fsp3) is 0.263. The molecule has 1 fully saturated rings. The van der Waals surface area contributed by atoms with E-state index in [2.05, 4.69) is 30.6 Å². The maximum atomic E-state index is 6.01. The van der Waals surface area contributed by atoms with Gasteiger partial charge >= 0.3 is 0 Å². The molecule has 4 rings (SSSR count). The zero-order chi connectivity index (χ0) is 18.5. The van der Waals surface area contributed by atoms with Gasteiger partial charge in [0, 0.05) is 30.0 Å². The molecule has 0 radical (unpaired) electrons. The number of benzene rings is 1. The Balaban J connectivity index is 1.61. The molecule has 1 aromatic carbocycles. The highest BCUT2D eigenvalue weighted by molar-refractivity contribution is 6.30. The molecule has 3 aromatic rings. The third-order valence-corrected chi connectivity index (χ3v) is 4.55. The highest BCUT2D eigenvalue weighted by atomic mass is 35.5. The number of rotatable bonds is 6. The zero-order valence-electron chi connectivity index (χ0n) is 14.6. The molecule has 27 heavy (non-hydrogen) atoms. The summed E-state index contributed by atoms with van der Waals surface area (Å²) in [5.41, 5.74) is 1.46. The predicted molar refractivity (Wildman–Crippen MR) is 104 cm³/mol. The summed E-state index contributed by atoms with van der Waals surface area (Å²) in [6.07, 6.45) is 8.90. The summed E-state index contributed by atoms with van der Waals surface area (Å²) < 4.78 is 6.01. The monoisotopic (exact) mass is 382 g/mol. The van der Waals surface area contributed by atoms with Crippen molar-refractivity contribution in [1.82, 2.24) is 25.3 Å². The molecule has 0 spiro atoms. The summed E-state index contributed by atoms with van der Waals surface area (Å²) in [6, 6.07) is 7.60. The van der Waals surface area contributed by atoms with E-state index < -0.39 is 0 Å². The van der Waals surface area contributed by atoms with Gasteiger partial charge in [0.05, 0.1) is 11.8 Å². The van der Waals surface area contributed by atoms with E-state index in [0.717, 1.165) is 30.8 Å². The van der Waals surface area contributed by atoms with Crippen molar-refractivity contribution in [3.8, 4) is 23.0 Å². The van der Waals surface area contributed by atoms with Gasteiger partial charge in [-0.3, -0.25) is 0 Å². The Morgan fingerprint density at radius 1 is 1.15 bits per heavy atom. The van der Waals surface area contributed by atoms with Crippen molar-refractivity contribution in [1.29, 1.82) is 0 Å². The van der Waals surface area contributed by atoms with Crippen LogP contribution in [0.25, 0.3) is 11.4 Å². The normalized spacial score (nSPS) is 16.3. The Hall–Kier alpha value is -2.77. The Kier molecular flexibility index (Phi) is 5.41. The third kappa shape index (κ3) is 4.50. The van der Waals surface area contributed by atoms with E-state index in [-0.39, 0.29) is 0 Å². The van der Waals surface area contributed by atoms with Crippen molar-refractivity contribution in [2.45, 2.75) is 18.9 Å². The minimum absolute atomic E-state index is 0.440. The summed E-state index contributed by atoms with van der Waals surface area (Å²) in [5.74, 6) is 1.60. The molecule has 0 bridgehead atoms. The molecule has 138 valence electrons. The first kappa shape index (κ1) is 17.6. The van der Waals surface area contributed by atoms with Crippen LogP contribution in [0.1, 0.15) is 12.8 Å². The number of halogens is 1. The van der Waals surface area contributed by atoms with Crippen molar-refractivity contribution in [3.05, 3.63) is 54.2 Å². The largest absolute Gasteiger partial charge is 0.437 e. The topological polar surface area (TPSA) is 84.9 Å². The first-order valence-corrected chi connectivity index (χ1v) is 9.19. The molecule has 0 unspecified atom stereocenters. The second-order valence-corrected chi connectivity index (χ2v) is 6.71. The van der Waals surface area contributed by atoms with Crippen molar-refractivity contribution in [2.24, 2.45) is 0 Å². The van der Waals surface area contributed by atoms with Crippen LogP contribution in [0.5, 0.6) is 11.6 Å². The molecule has 3 heterocycles. The fourth-order valence-electron chi connectivity index (χ4n) is 2.90. The lowest BCUT2D eigenvalue weighted by Crippen LogP contribution is -2.29. The van der Waals surface area contributed by atoms with Gasteiger partial charge < -0.3 is 15.4 Å². The minimum atomic E-state index is 0.440. The van der Waals surface area contributed by atoms with Crippen LogP contribution in [-0.2, 0) is 0 Å². The summed E-state index contributed by atoms with van der Waals surface area (Å²) in [4.78, 5) is 17.1. The van der Waals surface area contributed by atoms with Crippen LogP contribution in [0, 0.1) is 0 Å². The SMILES string of the molecule is Clc1ccc(Oc2nc(-c3cncnc3)ncc2NC[C@@H]2CCCN2)cc1. The molecule has 0 aliphatic carbocycles. The minimum Gasteiger partial charge on any atom is -0.437 e. The number of aromatic nitrogens is 4. The van der Waals surface area contributed by atoms with Crippen molar-refractivity contribution >= 4 is 17.3 Å². The van der Waals surface area contributed by atoms with Gasteiger partial charge in [0.2, 0.25) is 5.88 Å².